The van der Waals surface area contributed by atoms with Crippen LogP contribution < -0.4 is 26.8 Å². The third kappa shape index (κ3) is 8.01. The van der Waals surface area contributed by atoms with E-state index in [0.717, 1.165) is 67.4 Å². The lowest BCUT2D eigenvalue weighted by Gasteiger charge is -2.54. The van der Waals surface area contributed by atoms with Crippen LogP contribution in [0.3, 0.4) is 0 Å². The zero-order chi connectivity index (χ0) is 35.4. The minimum Gasteiger partial charge on any atom is -0.465 e. The fourth-order valence-electron chi connectivity index (χ4n) is 7.65. The van der Waals surface area contributed by atoms with E-state index < -0.39 is 64.5 Å². The van der Waals surface area contributed by atoms with Crippen LogP contribution in [0.5, 0.6) is 0 Å². The number of ether oxygens (including phenoxy) is 1. The summed E-state index contributed by atoms with van der Waals surface area (Å²) in [6.07, 6.45) is 6.26. The second-order valence-corrected chi connectivity index (χ2v) is 13.0. The van der Waals surface area contributed by atoms with Crippen molar-refractivity contribution in [2.45, 2.75) is 63.6 Å². The number of nitro groups is 1. The Balaban J connectivity index is 1.30. The molecule has 1 aromatic carbocycles. The Bertz CT molecular complexity index is 1730. The monoisotopic (exact) mass is 678 g/mol. The summed E-state index contributed by atoms with van der Waals surface area (Å²) in [7, 11) is 2.30. The second-order valence-electron chi connectivity index (χ2n) is 13.0. The summed E-state index contributed by atoms with van der Waals surface area (Å²) in [6, 6.07) is 4.17. The van der Waals surface area contributed by atoms with Gasteiger partial charge < -0.3 is 30.6 Å². The number of aromatic nitrogens is 1. The van der Waals surface area contributed by atoms with Gasteiger partial charge in [-0.2, -0.15) is 0 Å². The smallest absolute Gasteiger partial charge is 0.338 e. The predicted molar refractivity (Wildman–Crippen MR) is 172 cm³/mol. The number of methoxy groups -OCH3 is 1. The van der Waals surface area contributed by atoms with Gasteiger partial charge in [0, 0.05) is 43.4 Å². The molecule has 0 spiro atoms. The molecule has 0 saturated heterocycles. The molecule has 4 N–H and O–H groups in total. The first kappa shape index (κ1) is 34.9. The molecule has 4 aliphatic carbocycles. The van der Waals surface area contributed by atoms with E-state index >= 15 is 0 Å². The number of anilines is 1. The number of carbonyl (C=O) groups excluding carboxylic acids is 6. The maximum atomic E-state index is 13.5. The fraction of sp³-hybridized carbons (Fsp3) is 0.485. The highest BCUT2D eigenvalue weighted by Gasteiger charge is 2.48. The van der Waals surface area contributed by atoms with Gasteiger partial charge in [0.25, 0.3) is 23.1 Å². The number of ketones is 1. The SMILES string of the molecule is CNC(=O)C(=O)CCC(NC(=O)c1cc(C(=O)OC)cc([N+](=O)[O-])c1)C(=O)Nc1cccn(CC(=O)NC2C3CC4CC(C3)CC2C4)c1=O. The molecular formula is C33H38N6O10. The van der Waals surface area contributed by atoms with Crippen molar-refractivity contribution in [1.29, 1.82) is 0 Å². The van der Waals surface area contributed by atoms with Crippen LogP contribution in [0, 0.1) is 33.8 Å². The highest BCUT2D eigenvalue weighted by atomic mass is 16.6. The summed E-state index contributed by atoms with van der Waals surface area (Å²) < 4.78 is 5.76. The molecule has 4 aliphatic rings. The van der Waals surface area contributed by atoms with Crippen molar-refractivity contribution in [3.05, 3.63) is 68.1 Å². The number of hydrogen-bond donors (Lipinski definition) is 4. The standard InChI is InChI=1S/C33H38N6O10/c1-34-31(44)26(40)6-5-24(35-29(42)21-13-22(33(46)49-2)15-23(14-21)39(47)48)30(43)36-25-4-3-7-38(32(25)45)16-27(41)37-28-19-9-17-8-18(11-19)12-20(28)10-17/h3-4,7,13-15,17-20,24,28H,5-6,8-12,16H2,1-2H3,(H,34,44)(H,35,42)(H,36,43)(H,37,41). The van der Waals surface area contributed by atoms with Gasteiger partial charge in [0.2, 0.25) is 17.6 Å². The Kier molecular flexibility index (Phi) is 10.5. The average molecular weight is 679 g/mol. The van der Waals surface area contributed by atoms with Gasteiger partial charge in [-0.25, -0.2) is 4.79 Å². The highest BCUT2D eigenvalue weighted by Crippen LogP contribution is 2.53. The van der Waals surface area contributed by atoms with Crippen molar-refractivity contribution in [1.82, 2.24) is 20.5 Å². The lowest BCUT2D eigenvalue weighted by molar-refractivity contribution is -0.384. The largest absolute Gasteiger partial charge is 0.465 e. The van der Waals surface area contributed by atoms with Crippen molar-refractivity contribution < 1.29 is 38.4 Å². The number of nitrogens with one attached hydrogen (secondary N) is 4. The van der Waals surface area contributed by atoms with Crippen LogP contribution in [0.25, 0.3) is 0 Å². The van der Waals surface area contributed by atoms with E-state index in [0.29, 0.717) is 11.8 Å². The fourth-order valence-corrected chi connectivity index (χ4v) is 7.65. The molecule has 16 nitrogen and oxygen atoms in total. The van der Waals surface area contributed by atoms with Gasteiger partial charge in [-0.15, -0.1) is 0 Å². The van der Waals surface area contributed by atoms with E-state index in [-0.39, 0.29) is 35.3 Å². The van der Waals surface area contributed by atoms with Gasteiger partial charge in [-0.3, -0.25) is 38.9 Å². The Morgan fingerprint density at radius 3 is 2.27 bits per heavy atom. The van der Waals surface area contributed by atoms with Gasteiger partial charge in [0.05, 0.1) is 17.6 Å². The number of carbonyl (C=O) groups is 6. The number of Topliss-reactive ketones (excluding diaryl/α,β-unsaturated/α-hetero) is 1. The lowest BCUT2D eigenvalue weighted by Crippen LogP contribution is -2.56. The van der Waals surface area contributed by atoms with E-state index in [1.54, 1.807) is 0 Å². The third-order valence-corrected chi connectivity index (χ3v) is 9.72. The average Bonchev–Trinajstić information content (AvgIpc) is 3.08. The number of amides is 4. The maximum Gasteiger partial charge on any atom is 0.338 e. The van der Waals surface area contributed by atoms with Gasteiger partial charge >= 0.3 is 5.97 Å². The van der Waals surface area contributed by atoms with Crippen LogP contribution in [0.1, 0.15) is 65.7 Å². The molecule has 1 atom stereocenters. The summed E-state index contributed by atoms with van der Waals surface area (Å²) in [4.78, 5) is 99.9. The molecule has 1 heterocycles. The Hall–Kier alpha value is -5.41. The van der Waals surface area contributed by atoms with E-state index in [4.69, 9.17) is 0 Å². The third-order valence-electron chi connectivity index (χ3n) is 9.72. The Morgan fingerprint density at radius 1 is 1.00 bits per heavy atom. The van der Waals surface area contributed by atoms with Crippen LogP contribution >= 0.6 is 0 Å². The molecule has 260 valence electrons. The molecule has 1 unspecified atom stereocenters. The summed E-state index contributed by atoms with van der Waals surface area (Å²) >= 11 is 0. The van der Waals surface area contributed by atoms with Crippen LogP contribution in [-0.4, -0.2) is 71.1 Å². The zero-order valence-electron chi connectivity index (χ0n) is 27.1. The Morgan fingerprint density at radius 2 is 1.65 bits per heavy atom. The number of nitro benzene ring substituents is 1. The summed E-state index contributed by atoms with van der Waals surface area (Å²) in [5.74, 6) is -2.68. The summed E-state index contributed by atoms with van der Waals surface area (Å²) in [6.45, 7) is -0.276. The van der Waals surface area contributed by atoms with Crippen LogP contribution in [0.15, 0.2) is 41.3 Å². The number of likely N-dealkylation sites (N-methyl/N-ethyl adjacent to an activating group) is 1. The first-order chi connectivity index (χ1) is 23.4. The Labute approximate surface area is 280 Å². The molecule has 1 aromatic heterocycles. The molecule has 0 radical (unpaired) electrons. The maximum absolute atomic E-state index is 13.5. The number of hydrogen-bond acceptors (Lipinski definition) is 10. The van der Waals surface area contributed by atoms with E-state index in [9.17, 15) is 43.7 Å². The highest BCUT2D eigenvalue weighted by molar-refractivity contribution is 6.36. The van der Waals surface area contributed by atoms with Gasteiger partial charge in [-0.05, 0) is 80.4 Å². The number of benzene rings is 1. The molecule has 4 saturated carbocycles. The van der Waals surface area contributed by atoms with Gasteiger partial charge in [-0.1, -0.05) is 0 Å². The molecular weight excluding hydrogens is 640 g/mol. The summed E-state index contributed by atoms with van der Waals surface area (Å²) in [5.41, 5.74) is -2.16. The molecule has 49 heavy (non-hydrogen) atoms. The molecule has 4 amide bonds. The molecule has 2 aromatic rings. The molecule has 16 heteroatoms. The number of non-ortho nitro benzene ring substituents is 1. The first-order valence-corrected chi connectivity index (χ1v) is 16.1. The number of esters is 1. The number of nitrogens with zero attached hydrogens (tertiary/aromatic N) is 2. The quantitative estimate of drug-likeness (QED) is 0.103. The van der Waals surface area contributed by atoms with Gasteiger partial charge in [0.1, 0.15) is 18.3 Å². The van der Waals surface area contributed by atoms with E-state index in [1.165, 1.54) is 31.8 Å². The van der Waals surface area contributed by atoms with Crippen LogP contribution in [0.2, 0.25) is 0 Å². The predicted octanol–water partition coefficient (Wildman–Crippen LogP) is 1.32. The number of pyridine rings is 1. The first-order valence-electron chi connectivity index (χ1n) is 16.1. The van der Waals surface area contributed by atoms with Crippen LogP contribution in [-0.2, 0) is 30.5 Å². The second kappa shape index (κ2) is 14.8. The van der Waals surface area contributed by atoms with Crippen molar-refractivity contribution in [2.75, 3.05) is 19.5 Å². The minimum atomic E-state index is -1.52. The van der Waals surface area contributed by atoms with Crippen molar-refractivity contribution in [3.63, 3.8) is 0 Å². The van der Waals surface area contributed by atoms with Crippen molar-refractivity contribution in [2.24, 2.45) is 23.7 Å². The molecule has 0 aliphatic heterocycles. The van der Waals surface area contributed by atoms with E-state index in [2.05, 4.69) is 26.0 Å². The summed E-state index contributed by atoms with van der Waals surface area (Å²) in [5, 5.41) is 21.6. The minimum absolute atomic E-state index is 0.0792. The van der Waals surface area contributed by atoms with Gasteiger partial charge in [0.15, 0.2) is 0 Å². The lowest BCUT2D eigenvalue weighted by atomic mass is 9.54. The van der Waals surface area contributed by atoms with Crippen LogP contribution in [0.4, 0.5) is 11.4 Å². The molecule has 6 rings (SSSR count). The van der Waals surface area contributed by atoms with Crippen molar-refractivity contribution >= 4 is 46.8 Å². The van der Waals surface area contributed by atoms with Crippen molar-refractivity contribution in [3.8, 4) is 0 Å². The normalized spacial score (nSPS) is 22.4. The van der Waals surface area contributed by atoms with E-state index in [1.807, 2.05) is 0 Å². The topological polar surface area (TPSA) is 225 Å². The molecule has 4 fully saturated rings. The zero-order valence-corrected chi connectivity index (χ0v) is 27.1. The number of rotatable bonds is 13. The molecule has 4 bridgehead atoms.